The Morgan fingerprint density at radius 2 is 1.96 bits per heavy atom. The van der Waals surface area contributed by atoms with E-state index >= 15 is 0 Å². The number of nitrogens with zero attached hydrogens (tertiary/aromatic N) is 2. The summed E-state index contributed by atoms with van der Waals surface area (Å²) in [6.45, 7) is 3.11. The Morgan fingerprint density at radius 1 is 1.28 bits per heavy atom. The summed E-state index contributed by atoms with van der Waals surface area (Å²) in [5.41, 5.74) is 0. The summed E-state index contributed by atoms with van der Waals surface area (Å²) in [7, 11) is 3.24. The van der Waals surface area contributed by atoms with Gasteiger partial charge in [-0.15, -0.1) is 24.0 Å². The van der Waals surface area contributed by atoms with E-state index in [0.29, 0.717) is 6.61 Å². The zero-order valence-electron chi connectivity index (χ0n) is 14.9. The molecule has 1 aliphatic rings. The molecule has 0 aromatic heterocycles. The van der Waals surface area contributed by atoms with E-state index in [4.69, 9.17) is 9.47 Å². The molecule has 0 atom stereocenters. The highest BCUT2D eigenvalue weighted by molar-refractivity contribution is 14.0. The van der Waals surface area contributed by atoms with Crippen molar-refractivity contribution in [2.45, 2.75) is 19.3 Å². The van der Waals surface area contributed by atoms with Gasteiger partial charge in [0.2, 0.25) is 0 Å². The Balaban J connectivity index is 0.00000312. The van der Waals surface area contributed by atoms with Crippen LogP contribution in [0.2, 0.25) is 0 Å². The minimum absolute atomic E-state index is 0. The molecule has 0 unspecified atom stereocenters. The van der Waals surface area contributed by atoms with E-state index in [9.17, 15) is 4.79 Å². The van der Waals surface area contributed by atoms with Gasteiger partial charge in [0.15, 0.2) is 5.96 Å². The molecule has 0 saturated carbocycles. The summed E-state index contributed by atoms with van der Waals surface area (Å²) in [6, 6.07) is 9.82. The van der Waals surface area contributed by atoms with Gasteiger partial charge in [-0.25, -0.2) is 0 Å². The molecule has 1 N–H and O–H groups in total. The molecule has 1 aliphatic heterocycles. The van der Waals surface area contributed by atoms with E-state index in [1.165, 1.54) is 7.11 Å². The SMILES string of the molecule is CN=C(NCCCOc1ccccc1)N1CCC(C(=O)OC)CC1.I. The van der Waals surface area contributed by atoms with Crippen LogP contribution >= 0.6 is 24.0 Å². The second kappa shape index (κ2) is 11.9. The minimum atomic E-state index is -0.101. The van der Waals surface area contributed by atoms with Crippen LogP contribution in [-0.2, 0) is 9.53 Å². The fourth-order valence-electron chi connectivity index (χ4n) is 2.81. The van der Waals surface area contributed by atoms with Crippen LogP contribution in [0.4, 0.5) is 0 Å². The van der Waals surface area contributed by atoms with Gasteiger partial charge in [0.05, 0.1) is 19.6 Å². The van der Waals surface area contributed by atoms with Crippen molar-refractivity contribution >= 4 is 35.9 Å². The first kappa shape index (κ1) is 21.5. The number of halogens is 1. The molecule has 6 nitrogen and oxygen atoms in total. The highest BCUT2D eigenvalue weighted by Gasteiger charge is 2.26. The van der Waals surface area contributed by atoms with E-state index < -0.39 is 0 Å². The van der Waals surface area contributed by atoms with Gasteiger partial charge in [-0.2, -0.15) is 0 Å². The number of guanidine groups is 1. The summed E-state index contributed by atoms with van der Waals surface area (Å²) in [4.78, 5) is 18.1. The third-order valence-corrected chi connectivity index (χ3v) is 4.16. The Hall–Kier alpha value is -1.51. The van der Waals surface area contributed by atoms with Gasteiger partial charge in [0.1, 0.15) is 5.75 Å². The molecule has 1 saturated heterocycles. The molecule has 0 aliphatic carbocycles. The molecule has 1 fully saturated rings. The molecule has 0 bridgehead atoms. The minimum Gasteiger partial charge on any atom is -0.494 e. The predicted octanol–water partition coefficient (Wildman–Crippen LogP) is 2.53. The Bertz CT molecular complexity index is 532. The van der Waals surface area contributed by atoms with Gasteiger partial charge in [0.25, 0.3) is 0 Å². The van der Waals surface area contributed by atoms with Crippen molar-refractivity contribution in [3.63, 3.8) is 0 Å². The van der Waals surface area contributed by atoms with Crippen molar-refractivity contribution in [2.24, 2.45) is 10.9 Å². The lowest BCUT2D eigenvalue weighted by atomic mass is 9.97. The smallest absolute Gasteiger partial charge is 0.308 e. The van der Waals surface area contributed by atoms with E-state index in [1.54, 1.807) is 7.05 Å². The molecule has 2 rings (SSSR count). The molecule has 25 heavy (non-hydrogen) atoms. The number of methoxy groups -OCH3 is 1. The molecule has 7 heteroatoms. The van der Waals surface area contributed by atoms with Crippen molar-refractivity contribution < 1.29 is 14.3 Å². The monoisotopic (exact) mass is 461 g/mol. The van der Waals surface area contributed by atoms with Crippen LogP contribution in [0.5, 0.6) is 5.75 Å². The van der Waals surface area contributed by atoms with Crippen LogP contribution in [0, 0.1) is 5.92 Å². The number of hydrogen-bond donors (Lipinski definition) is 1. The Morgan fingerprint density at radius 3 is 2.56 bits per heavy atom. The number of ether oxygens (including phenoxy) is 2. The summed E-state index contributed by atoms with van der Waals surface area (Å²) in [5, 5.41) is 3.36. The largest absolute Gasteiger partial charge is 0.494 e. The van der Waals surface area contributed by atoms with Crippen LogP contribution in [0.15, 0.2) is 35.3 Å². The number of carbonyl (C=O) groups excluding carboxylic acids is 1. The molecule has 1 aromatic rings. The lowest BCUT2D eigenvalue weighted by molar-refractivity contribution is -0.146. The van der Waals surface area contributed by atoms with Gasteiger partial charge in [-0.3, -0.25) is 9.79 Å². The third kappa shape index (κ3) is 7.09. The maximum atomic E-state index is 11.6. The van der Waals surface area contributed by atoms with E-state index in [1.807, 2.05) is 30.3 Å². The van der Waals surface area contributed by atoms with Crippen LogP contribution in [0.25, 0.3) is 0 Å². The summed E-state index contributed by atoms with van der Waals surface area (Å²) in [5.74, 6) is 1.70. The molecule has 1 heterocycles. The maximum absolute atomic E-state index is 11.6. The quantitative estimate of drug-likeness (QED) is 0.232. The van der Waals surface area contributed by atoms with Crippen molar-refractivity contribution in [3.8, 4) is 5.75 Å². The van der Waals surface area contributed by atoms with Crippen LogP contribution in [0.1, 0.15) is 19.3 Å². The fourth-order valence-corrected chi connectivity index (χ4v) is 2.81. The summed E-state index contributed by atoms with van der Waals surface area (Å²) in [6.07, 6.45) is 2.52. The fraction of sp³-hybridized carbons (Fsp3) is 0.556. The van der Waals surface area contributed by atoms with Crippen LogP contribution in [-0.4, -0.2) is 57.2 Å². The number of likely N-dealkylation sites (tertiary alicyclic amines) is 1. The number of piperidine rings is 1. The van der Waals surface area contributed by atoms with E-state index in [-0.39, 0.29) is 35.9 Å². The number of benzene rings is 1. The first-order valence-corrected chi connectivity index (χ1v) is 8.46. The lowest BCUT2D eigenvalue weighted by Crippen LogP contribution is -2.47. The van der Waals surface area contributed by atoms with Crippen molar-refractivity contribution in [3.05, 3.63) is 30.3 Å². The topological polar surface area (TPSA) is 63.2 Å². The molecular weight excluding hydrogens is 433 g/mol. The Labute approximate surface area is 167 Å². The third-order valence-electron chi connectivity index (χ3n) is 4.16. The maximum Gasteiger partial charge on any atom is 0.308 e. The predicted molar refractivity (Wildman–Crippen MR) is 110 cm³/mol. The second-order valence-electron chi connectivity index (χ2n) is 5.77. The number of carbonyl (C=O) groups is 1. The average molecular weight is 461 g/mol. The van der Waals surface area contributed by atoms with E-state index in [0.717, 1.165) is 50.6 Å². The zero-order chi connectivity index (χ0) is 17.2. The van der Waals surface area contributed by atoms with Crippen molar-refractivity contribution in [1.82, 2.24) is 10.2 Å². The molecule has 0 radical (unpaired) electrons. The molecule has 0 spiro atoms. The normalized spacial score (nSPS) is 15.3. The number of aliphatic imine (C=N–C) groups is 1. The summed E-state index contributed by atoms with van der Waals surface area (Å²) >= 11 is 0. The summed E-state index contributed by atoms with van der Waals surface area (Å²) < 4.78 is 10.5. The number of esters is 1. The molecular formula is C18H28IN3O3. The lowest BCUT2D eigenvalue weighted by Gasteiger charge is -2.33. The van der Waals surface area contributed by atoms with Crippen molar-refractivity contribution in [1.29, 1.82) is 0 Å². The number of nitrogens with one attached hydrogen (secondary N) is 1. The van der Waals surface area contributed by atoms with Gasteiger partial charge < -0.3 is 19.7 Å². The Kier molecular flexibility index (Phi) is 10.3. The van der Waals surface area contributed by atoms with Crippen molar-refractivity contribution in [2.75, 3.05) is 40.4 Å². The standard InChI is InChI=1S/C18H27N3O3.HI/c1-19-18(21-12-9-15(10-13-21)17(22)23-2)20-11-6-14-24-16-7-4-3-5-8-16;/h3-5,7-8,15H,6,9-14H2,1-2H3,(H,19,20);1H. The van der Waals surface area contributed by atoms with Gasteiger partial charge in [-0.1, -0.05) is 18.2 Å². The number of hydrogen-bond acceptors (Lipinski definition) is 4. The molecule has 0 amide bonds. The van der Waals surface area contributed by atoms with Gasteiger partial charge in [-0.05, 0) is 31.4 Å². The average Bonchev–Trinajstić information content (AvgIpc) is 2.65. The van der Waals surface area contributed by atoms with Crippen LogP contribution in [0.3, 0.4) is 0 Å². The molecule has 140 valence electrons. The van der Waals surface area contributed by atoms with E-state index in [2.05, 4.69) is 15.2 Å². The zero-order valence-corrected chi connectivity index (χ0v) is 17.3. The molecule has 1 aromatic carbocycles. The highest BCUT2D eigenvalue weighted by atomic mass is 127. The number of para-hydroxylation sites is 1. The van der Waals surface area contributed by atoms with Gasteiger partial charge >= 0.3 is 5.97 Å². The highest BCUT2D eigenvalue weighted by Crippen LogP contribution is 2.18. The van der Waals surface area contributed by atoms with Gasteiger partial charge in [0, 0.05) is 26.7 Å². The first-order chi connectivity index (χ1) is 11.7. The van der Waals surface area contributed by atoms with Crippen LogP contribution < -0.4 is 10.1 Å². The first-order valence-electron chi connectivity index (χ1n) is 8.46. The second-order valence-corrected chi connectivity index (χ2v) is 5.77. The number of rotatable bonds is 6.